The number of anilines is 1. The molecule has 0 heterocycles. The molecule has 0 bridgehead atoms. The number of hydrogen-bond donors (Lipinski definition) is 1. The van der Waals surface area contributed by atoms with E-state index in [0.29, 0.717) is 17.0 Å². The molecule has 0 saturated heterocycles. The van der Waals surface area contributed by atoms with Gasteiger partial charge in [0.15, 0.2) is 5.78 Å². The van der Waals surface area contributed by atoms with Crippen molar-refractivity contribution in [2.45, 2.75) is 13.3 Å². The lowest BCUT2D eigenvalue weighted by atomic mass is 9.98. The van der Waals surface area contributed by atoms with Crippen molar-refractivity contribution < 1.29 is 13.9 Å². The molecule has 0 atom stereocenters. The molecule has 20 heavy (non-hydrogen) atoms. The normalized spacial score (nSPS) is 10.3. The molecule has 2 rings (SSSR count). The minimum absolute atomic E-state index is 0.115. The Bertz CT molecular complexity index is 653. The number of nitrogen functional groups attached to an aromatic ring is 1. The highest BCUT2D eigenvalue weighted by Crippen LogP contribution is 2.22. The molecule has 0 fully saturated rings. The van der Waals surface area contributed by atoms with Crippen molar-refractivity contribution in [3.63, 3.8) is 0 Å². The van der Waals surface area contributed by atoms with Gasteiger partial charge in [0.2, 0.25) is 0 Å². The molecule has 4 heteroatoms. The molecule has 0 aliphatic carbocycles. The van der Waals surface area contributed by atoms with Crippen molar-refractivity contribution in [2.75, 3.05) is 12.8 Å². The van der Waals surface area contributed by atoms with Gasteiger partial charge < -0.3 is 10.5 Å². The molecule has 2 N–H and O–H groups in total. The molecule has 0 spiro atoms. The number of halogens is 1. The Balaban J connectivity index is 2.28. The van der Waals surface area contributed by atoms with Gasteiger partial charge in [-0.1, -0.05) is 6.07 Å². The number of aryl methyl sites for hydroxylation is 1. The SMILES string of the molecule is COc1ccc(N)c(C(=O)Cc2ccc(F)cc2C)c1. The maximum absolute atomic E-state index is 13.0. The van der Waals surface area contributed by atoms with E-state index in [1.54, 1.807) is 31.2 Å². The quantitative estimate of drug-likeness (QED) is 0.687. The summed E-state index contributed by atoms with van der Waals surface area (Å²) in [6.07, 6.45) is 0.184. The average Bonchev–Trinajstić information content (AvgIpc) is 2.42. The highest BCUT2D eigenvalue weighted by molar-refractivity contribution is 6.02. The fourth-order valence-electron chi connectivity index (χ4n) is 2.03. The number of carbonyl (C=O) groups excluding carboxylic acids is 1. The van der Waals surface area contributed by atoms with Crippen molar-refractivity contribution >= 4 is 11.5 Å². The lowest BCUT2D eigenvalue weighted by Crippen LogP contribution is -2.08. The number of hydrogen-bond acceptors (Lipinski definition) is 3. The Kier molecular flexibility index (Phi) is 4.03. The van der Waals surface area contributed by atoms with Crippen LogP contribution >= 0.6 is 0 Å². The van der Waals surface area contributed by atoms with Crippen molar-refractivity contribution in [1.82, 2.24) is 0 Å². The number of benzene rings is 2. The van der Waals surface area contributed by atoms with E-state index >= 15 is 0 Å². The Hall–Kier alpha value is -2.36. The van der Waals surface area contributed by atoms with E-state index in [2.05, 4.69) is 0 Å². The number of ether oxygens (including phenoxy) is 1. The van der Waals surface area contributed by atoms with Gasteiger partial charge in [0.05, 0.1) is 7.11 Å². The third-order valence-electron chi connectivity index (χ3n) is 3.22. The van der Waals surface area contributed by atoms with Gasteiger partial charge in [-0.05, 0) is 48.4 Å². The topological polar surface area (TPSA) is 52.3 Å². The van der Waals surface area contributed by atoms with Crippen LogP contribution < -0.4 is 10.5 Å². The van der Waals surface area contributed by atoms with Gasteiger partial charge in [0, 0.05) is 17.7 Å². The first-order valence-corrected chi connectivity index (χ1v) is 6.23. The summed E-state index contributed by atoms with van der Waals surface area (Å²) in [6.45, 7) is 1.78. The summed E-state index contributed by atoms with van der Waals surface area (Å²) in [5.74, 6) is 0.161. The zero-order chi connectivity index (χ0) is 14.7. The van der Waals surface area contributed by atoms with E-state index in [-0.39, 0.29) is 18.0 Å². The maximum atomic E-state index is 13.0. The number of Topliss-reactive ketones (excluding diaryl/α,β-unsaturated/α-hetero) is 1. The monoisotopic (exact) mass is 273 g/mol. The molecule has 2 aromatic carbocycles. The van der Waals surface area contributed by atoms with Gasteiger partial charge in [0.1, 0.15) is 11.6 Å². The van der Waals surface area contributed by atoms with Crippen LogP contribution in [0.15, 0.2) is 36.4 Å². The van der Waals surface area contributed by atoms with Crippen LogP contribution in [0.25, 0.3) is 0 Å². The van der Waals surface area contributed by atoms with Crippen molar-refractivity contribution in [2.24, 2.45) is 0 Å². The van der Waals surface area contributed by atoms with Crippen LogP contribution in [0.2, 0.25) is 0 Å². The summed E-state index contributed by atoms with van der Waals surface area (Å²) in [6, 6.07) is 9.36. The summed E-state index contributed by atoms with van der Waals surface area (Å²) in [7, 11) is 1.53. The van der Waals surface area contributed by atoms with Gasteiger partial charge in [-0.15, -0.1) is 0 Å². The maximum Gasteiger partial charge on any atom is 0.169 e. The van der Waals surface area contributed by atoms with Crippen LogP contribution in [-0.2, 0) is 6.42 Å². The van der Waals surface area contributed by atoms with Crippen molar-refractivity contribution in [3.05, 3.63) is 58.9 Å². The first-order chi connectivity index (χ1) is 9.51. The van der Waals surface area contributed by atoms with Gasteiger partial charge in [-0.3, -0.25) is 4.79 Å². The lowest BCUT2D eigenvalue weighted by Gasteiger charge is -2.09. The van der Waals surface area contributed by atoms with E-state index in [4.69, 9.17) is 10.5 Å². The van der Waals surface area contributed by atoms with Crippen LogP contribution in [0, 0.1) is 12.7 Å². The first kappa shape index (κ1) is 14.1. The number of rotatable bonds is 4. The second-order valence-electron chi connectivity index (χ2n) is 4.62. The minimum Gasteiger partial charge on any atom is -0.497 e. The van der Waals surface area contributed by atoms with E-state index in [1.807, 2.05) is 0 Å². The predicted molar refractivity (Wildman–Crippen MR) is 76.6 cm³/mol. The first-order valence-electron chi connectivity index (χ1n) is 6.23. The largest absolute Gasteiger partial charge is 0.497 e. The molecule has 0 saturated carbocycles. The zero-order valence-electron chi connectivity index (χ0n) is 11.4. The number of nitrogens with two attached hydrogens (primary N) is 1. The fraction of sp³-hybridized carbons (Fsp3) is 0.188. The molecular formula is C16H16FNO2. The molecule has 0 aliphatic heterocycles. The van der Waals surface area contributed by atoms with Crippen LogP contribution in [0.5, 0.6) is 5.75 Å². The summed E-state index contributed by atoms with van der Waals surface area (Å²) in [4.78, 5) is 12.3. The Morgan fingerprint density at radius 2 is 2.00 bits per heavy atom. The van der Waals surface area contributed by atoms with Gasteiger partial charge in [-0.25, -0.2) is 4.39 Å². The predicted octanol–water partition coefficient (Wildman–Crippen LogP) is 3.15. The summed E-state index contributed by atoms with van der Waals surface area (Å²) in [5.41, 5.74) is 8.20. The minimum atomic E-state index is -0.306. The van der Waals surface area contributed by atoms with Crippen LogP contribution in [0.4, 0.5) is 10.1 Å². The second-order valence-corrected chi connectivity index (χ2v) is 4.62. The molecule has 0 amide bonds. The highest BCUT2D eigenvalue weighted by atomic mass is 19.1. The molecular weight excluding hydrogens is 257 g/mol. The Morgan fingerprint density at radius 3 is 2.65 bits per heavy atom. The molecule has 0 aromatic heterocycles. The Morgan fingerprint density at radius 1 is 1.25 bits per heavy atom. The Labute approximate surface area is 117 Å². The van der Waals surface area contributed by atoms with Crippen molar-refractivity contribution in [1.29, 1.82) is 0 Å². The summed E-state index contributed by atoms with van der Waals surface area (Å²) >= 11 is 0. The smallest absolute Gasteiger partial charge is 0.169 e. The van der Waals surface area contributed by atoms with Gasteiger partial charge in [0.25, 0.3) is 0 Å². The molecule has 0 radical (unpaired) electrons. The standard InChI is InChI=1S/C16H16FNO2/c1-10-7-12(17)4-3-11(10)8-16(19)14-9-13(20-2)5-6-15(14)18/h3-7,9H,8,18H2,1-2H3. The molecule has 3 nitrogen and oxygen atoms in total. The van der Waals surface area contributed by atoms with Crippen LogP contribution in [-0.4, -0.2) is 12.9 Å². The van der Waals surface area contributed by atoms with Gasteiger partial charge in [-0.2, -0.15) is 0 Å². The van der Waals surface area contributed by atoms with Crippen LogP contribution in [0.1, 0.15) is 21.5 Å². The van der Waals surface area contributed by atoms with Gasteiger partial charge >= 0.3 is 0 Å². The third kappa shape index (κ3) is 2.96. The van der Waals surface area contributed by atoms with Crippen molar-refractivity contribution in [3.8, 4) is 5.75 Å². The summed E-state index contributed by atoms with van der Waals surface area (Å²) in [5, 5.41) is 0. The average molecular weight is 273 g/mol. The van der Waals surface area contributed by atoms with E-state index in [1.165, 1.54) is 19.2 Å². The zero-order valence-corrected chi connectivity index (χ0v) is 11.4. The highest BCUT2D eigenvalue weighted by Gasteiger charge is 2.13. The van der Waals surface area contributed by atoms with E-state index in [9.17, 15) is 9.18 Å². The van der Waals surface area contributed by atoms with Crippen LogP contribution in [0.3, 0.4) is 0 Å². The molecule has 0 aliphatic rings. The molecule has 2 aromatic rings. The summed E-state index contributed by atoms with van der Waals surface area (Å²) < 4.78 is 18.1. The molecule has 0 unspecified atom stereocenters. The third-order valence-corrected chi connectivity index (χ3v) is 3.22. The second kappa shape index (κ2) is 5.74. The number of ketones is 1. The number of methoxy groups -OCH3 is 1. The van der Waals surface area contributed by atoms with E-state index < -0.39 is 0 Å². The molecule has 104 valence electrons. The van der Waals surface area contributed by atoms with E-state index in [0.717, 1.165) is 11.1 Å². The fourth-order valence-corrected chi connectivity index (χ4v) is 2.03. The number of carbonyl (C=O) groups is 1. The lowest BCUT2D eigenvalue weighted by molar-refractivity contribution is 0.0993.